The molecule has 0 unspecified atom stereocenters. The Balaban J connectivity index is 2.18. The van der Waals surface area contributed by atoms with Crippen molar-refractivity contribution in [1.82, 2.24) is 0 Å². The number of rotatable bonds is 2. The van der Waals surface area contributed by atoms with Crippen LogP contribution in [0.3, 0.4) is 0 Å². The van der Waals surface area contributed by atoms with Crippen LogP contribution < -0.4 is 0 Å². The molecular weight excluding hydrogens is 280 g/mol. The van der Waals surface area contributed by atoms with Crippen molar-refractivity contribution >= 4 is 27.3 Å². The Kier molecular flexibility index (Phi) is 4.21. The van der Waals surface area contributed by atoms with Gasteiger partial charge < -0.3 is 0 Å². The van der Waals surface area contributed by atoms with Crippen molar-refractivity contribution in [3.05, 3.63) is 47.3 Å². The molecule has 2 heteroatoms. The number of thiophene rings is 1. The van der Waals surface area contributed by atoms with Crippen LogP contribution in [0, 0.1) is 11.8 Å². The van der Waals surface area contributed by atoms with Gasteiger partial charge in [-0.1, -0.05) is 58.1 Å². The van der Waals surface area contributed by atoms with E-state index in [1.54, 1.807) is 11.3 Å². The number of hydrogen-bond acceptors (Lipinski definition) is 1. The average Bonchev–Trinajstić information content (AvgIpc) is 2.79. The average molecular weight is 291 g/mol. The third-order valence-corrected chi connectivity index (χ3v) is 3.54. The van der Waals surface area contributed by atoms with E-state index in [1.165, 1.54) is 10.4 Å². The maximum Gasteiger partial charge on any atom is 0.0775 e. The molecule has 0 radical (unpaired) electrons. The summed E-state index contributed by atoms with van der Waals surface area (Å²) >= 11 is 5.11. The van der Waals surface area contributed by atoms with Crippen molar-refractivity contribution in [2.75, 3.05) is 5.33 Å². The molecule has 16 heavy (non-hydrogen) atoms. The van der Waals surface area contributed by atoms with Crippen LogP contribution in [-0.2, 0) is 0 Å². The van der Waals surface area contributed by atoms with Gasteiger partial charge in [-0.3, -0.25) is 0 Å². The van der Waals surface area contributed by atoms with Crippen molar-refractivity contribution in [2.24, 2.45) is 0 Å². The van der Waals surface area contributed by atoms with Crippen molar-refractivity contribution in [1.29, 1.82) is 0 Å². The molecule has 2 aromatic rings. The van der Waals surface area contributed by atoms with Crippen LogP contribution in [0.15, 0.2) is 42.5 Å². The Labute approximate surface area is 108 Å². The van der Waals surface area contributed by atoms with Gasteiger partial charge in [-0.25, -0.2) is 0 Å². The van der Waals surface area contributed by atoms with Gasteiger partial charge in [-0.05, 0) is 17.7 Å². The molecule has 0 atom stereocenters. The standard InChI is InChI=1S/C14H11BrS/c15-11-5-4-8-13-9-10-14(16-13)12-6-2-1-3-7-12/h1-3,6-7,9-10H,5,11H2. The molecule has 0 spiro atoms. The fourth-order valence-electron chi connectivity index (χ4n) is 1.36. The van der Waals surface area contributed by atoms with Gasteiger partial charge in [0.2, 0.25) is 0 Å². The lowest BCUT2D eigenvalue weighted by atomic mass is 10.2. The van der Waals surface area contributed by atoms with Gasteiger partial charge in [0, 0.05) is 16.6 Å². The fourth-order valence-corrected chi connectivity index (χ4v) is 2.44. The Morgan fingerprint density at radius 2 is 1.88 bits per heavy atom. The lowest BCUT2D eigenvalue weighted by Gasteiger charge is -1.93. The predicted molar refractivity (Wildman–Crippen MR) is 75.0 cm³/mol. The monoisotopic (exact) mass is 290 g/mol. The molecule has 0 aliphatic rings. The van der Waals surface area contributed by atoms with Crippen LogP contribution in [0.4, 0.5) is 0 Å². The van der Waals surface area contributed by atoms with Crippen molar-refractivity contribution < 1.29 is 0 Å². The Morgan fingerprint density at radius 3 is 2.62 bits per heavy atom. The number of hydrogen-bond donors (Lipinski definition) is 0. The second-order valence-corrected chi connectivity index (χ2v) is 5.15. The Morgan fingerprint density at radius 1 is 1.06 bits per heavy atom. The molecule has 0 saturated carbocycles. The van der Waals surface area contributed by atoms with Crippen LogP contribution in [-0.4, -0.2) is 5.33 Å². The van der Waals surface area contributed by atoms with Crippen molar-refractivity contribution in [3.63, 3.8) is 0 Å². The second kappa shape index (κ2) is 5.89. The van der Waals surface area contributed by atoms with E-state index in [1.807, 2.05) is 6.07 Å². The first-order chi connectivity index (χ1) is 7.90. The smallest absolute Gasteiger partial charge is 0.0775 e. The molecule has 0 N–H and O–H groups in total. The van der Waals surface area contributed by atoms with E-state index < -0.39 is 0 Å². The molecule has 80 valence electrons. The van der Waals surface area contributed by atoms with E-state index in [4.69, 9.17) is 0 Å². The third kappa shape index (κ3) is 2.98. The normalized spacial score (nSPS) is 9.56. The molecule has 1 aromatic heterocycles. The Hall–Kier alpha value is -1.04. The summed E-state index contributed by atoms with van der Waals surface area (Å²) in [4.78, 5) is 2.42. The van der Waals surface area contributed by atoms with Gasteiger partial charge >= 0.3 is 0 Å². The minimum absolute atomic E-state index is 0.901. The number of alkyl halides is 1. The molecule has 0 aliphatic carbocycles. The summed E-state index contributed by atoms with van der Waals surface area (Å²) < 4.78 is 0. The Bertz CT molecular complexity index is 502. The largest absolute Gasteiger partial charge is 0.127 e. The highest BCUT2D eigenvalue weighted by Crippen LogP contribution is 2.27. The molecule has 2 rings (SSSR count). The molecule has 1 aromatic carbocycles. The van der Waals surface area contributed by atoms with E-state index in [0.717, 1.165) is 16.6 Å². The van der Waals surface area contributed by atoms with Crippen LogP contribution in [0.2, 0.25) is 0 Å². The van der Waals surface area contributed by atoms with Crippen molar-refractivity contribution in [2.45, 2.75) is 6.42 Å². The third-order valence-electron chi connectivity index (χ3n) is 2.10. The molecule has 0 bridgehead atoms. The van der Waals surface area contributed by atoms with E-state index in [9.17, 15) is 0 Å². The van der Waals surface area contributed by atoms with Gasteiger partial charge in [-0.15, -0.1) is 11.3 Å². The summed E-state index contributed by atoms with van der Waals surface area (Å²) in [6.07, 6.45) is 0.901. The van der Waals surface area contributed by atoms with Gasteiger partial charge in [-0.2, -0.15) is 0 Å². The molecule has 1 heterocycles. The molecular formula is C14H11BrS. The second-order valence-electron chi connectivity index (χ2n) is 3.27. The highest BCUT2D eigenvalue weighted by molar-refractivity contribution is 9.09. The summed E-state index contributed by atoms with van der Waals surface area (Å²) in [6.45, 7) is 0. The lowest BCUT2D eigenvalue weighted by molar-refractivity contribution is 1.32. The van der Waals surface area contributed by atoms with Gasteiger partial charge in [0.1, 0.15) is 0 Å². The predicted octanol–water partition coefficient (Wildman–Crippen LogP) is 4.55. The van der Waals surface area contributed by atoms with Crippen molar-refractivity contribution in [3.8, 4) is 22.3 Å². The molecule has 0 nitrogen and oxygen atoms in total. The van der Waals surface area contributed by atoms with Gasteiger partial charge in [0.15, 0.2) is 0 Å². The van der Waals surface area contributed by atoms with E-state index in [2.05, 4.69) is 64.2 Å². The molecule has 0 aliphatic heterocycles. The van der Waals surface area contributed by atoms with E-state index in [0.29, 0.717) is 0 Å². The first kappa shape index (κ1) is 11.4. The lowest BCUT2D eigenvalue weighted by Crippen LogP contribution is -1.68. The summed E-state index contributed by atoms with van der Waals surface area (Å²) in [5.41, 5.74) is 1.26. The SMILES string of the molecule is BrCCC#Cc1ccc(-c2ccccc2)s1. The molecule has 0 saturated heterocycles. The summed E-state index contributed by atoms with van der Waals surface area (Å²) in [6, 6.07) is 14.6. The summed E-state index contributed by atoms with van der Waals surface area (Å²) in [7, 11) is 0. The minimum atomic E-state index is 0.901. The zero-order valence-corrected chi connectivity index (χ0v) is 11.1. The number of benzene rings is 1. The summed E-state index contributed by atoms with van der Waals surface area (Å²) in [5, 5.41) is 0.941. The first-order valence-electron chi connectivity index (χ1n) is 5.10. The molecule has 0 fully saturated rings. The van der Waals surface area contributed by atoms with Crippen LogP contribution in [0.1, 0.15) is 11.3 Å². The van der Waals surface area contributed by atoms with Gasteiger partial charge in [0.25, 0.3) is 0 Å². The topological polar surface area (TPSA) is 0 Å². The highest BCUT2D eigenvalue weighted by atomic mass is 79.9. The maximum absolute atomic E-state index is 3.37. The van der Waals surface area contributed by atoms with Gasteiger partial charge in [0.05, 0.1) is 4.88 Å². The zero-order valence-electron chi connectivity index (χ0n) is 8.74. The zero-order chi connectivity index (χ0) is 11.2. The quantitative estimate of drug-likeness (QED) is 0.562. The highest BCUT2D eigenvalue weighted by Gasteiger charge is 1.99. The van der Waals surface area contributed by atoms with Crippen LogP contribution in [0.5, 0.6) is 0 Å². The van der Waals surface area contributed by atoms with E-state index >= 15 is 0 Å². The molecule has 0 amide bonds. The number of halogens is 1. The van der Waals surface area contributed by atoms with E-state index in [-0.39, 0.29) is 0 Å². The minimum Gasteiger partial charge on any atom is -0.127 e. The first-order valence-corrected chi connectivity index (χ1v) is 7.04. The van der Waals surface area contributed by atoms with Crippen LogP contribution >= 0.6 is 27.3 Å². The fraction of sp³-hybridized carbons (Fsp3) is 0.143. The van der Waals surface area contributed by atoms with Crippen LogP contribution in [0.25, 0.3) is 10.4 Å². The summed E-state index contributed by atoms with van der Waals surface area (Å²) in [5.74, 6) is 6.30. The maximum atomic E-state index is 3.37.